The van der Waals surface area contributed by atoms with Crippen molar-refractivity contribution in [1.29, 1.82) is 0 Å². The average molecular weight is 500 g/mol. The molecule has 172 valence electrons. The monoisotopic (exact) mass is 499 g/mol. The Kier molecular flexibility index (Phi) is 6.70. The van der Waals surface area contributed by atoms with E-state index in [-0.39, 0.29) is 34.4 Å². The molecule has 2 aromatic carbocycles. The van der Waals surface area contributed by atoms with Crippen molar-refractivity contribution in [1.82, 2.24) is 0 Å². The van der Waals surface area contributed by atoms with Crippen LogP contribution in [0.25, 0.3) is 0 Å². The number of benzene rings is 2. The fourth-order valence-corrected chi connectivity index (χ4v) is 3.35. The van der Waals surface area contributed by atoms with Gasteiger partial charge in [0.05, 0.1) is 27.9 Å². The van der Waals surface area contributed by atoms with Gasteiger partial charge in [0.1, 0.15) is 11.5 Å². The summed E-state index contributed by atoms with van der Waals surface area (Å²) in [5.74, 6) is -3.29. The molecule has 32 heavy (non-hydrogen) atoms. The van der Waals surface area contributed by atoms with E-state index in [0.29, 0.717) is 12.1 Å². The van der Waals surface area contributed by atoms with Gasteiger partial charge in [-0.2, -0.15) is 22.0 Å². The van der Waals surface area contributed by atoms with E-state index in [4.69, 9.17) is 32.7 Å². The molecule has 1 heterocycles. The van der Waals surface area contributed by atoms with Crippen LogP contribution in [0.2, 0.25) is 10.0 Å². The molecular formula is C19H12Cl2F5NO5. The van der Waals surface area contributed by atoms with Crippen LogP contribution in [0.4, 0.5) is 27.6 Å². The smallest absolute Gasteiger partial charge is 0.416 e. The summed E-state index contributed by atoms with van der Waals surface area (Å²) in [5, 5.41) is -0.922. The standard InChI is InChI=1S/C19H12Cl2F5NO5/c1-2-30-17(29)15-16(28)27(18(22)23)12-4-3-9(7-13(12)32-15)31-14-10(20)5-8(6-11(14)21)19(24,25)26/h3-7,15,18H,2H2,1H3. The second kappa shape index (κ2) is 8.99. The molecular weight excluding hydrogens is 488 g/mol. The number of amides is 1. The number of nitrogens with zero attached hydrogens (tertiary/aromatic N) is 1. The zero-order valence-corrected chi connectivity index (χ0v) is 17.4. The second-order valence-corrected chi connectivity index (χ2v) is 7.05. The summed E-state index contributed by atoms with van der Waals surface area (Å²) in [6, 6.07) is 4.44. The van der Waals surface area contributed by atoms with Crippen molar-refractivity contribution in [3.05, 3.63) is 45.9 Å². The number of carbonyl (C=O) groups excluding carboxylic acids is 2. The molecule has 0 saturated carbocycles. The molecule has 0 spiro atoms. The Hall–Kier alpha value is -2.79. The molecule has 0 fully saturated rings. The van der Waals surface area contributed by atoms with E-state index in [9.17, 15) is 31.5 Å². The van der Waals surface area contributed by atoms with Gasteiger partial charge in [-0.25, -0.2) is 9.69 Å². The van der Waals surface area contributed by atoms with Gasteiger partial charge < -0.3 is 14.2 Å². The fourth-order valence-electron chi connectivity index (χ4n) is 2.78. The van der Waals surface area contributed by atoms with Crippen LogP contribution >= 0.6 is 23.2 Å². The fraction of sp³-hybridized carbons (Fsp3) is 0.263. The van der Waals surface area contributed by atoms with Gasteiger partial charge >= 0.3 is 18.7 Å². The van der Waals surface area contributed by atoms with Gasteiger partial charge in [-0.1, -0.05) is 23.2 Å². The molecule has 0 radical (unpaired) electrons. The minimum Gasteiger partial charge on any atom is -0.466 e. The number of fused-ring (bicyclic) bond motifs is 1. The lowest BCUT2D eigenvalue weighted by atomic mass is 10.1. The van der Waals surface area contributed by atoms with Crippen LogP contribution in [0.3, 0.4) is 0 Å². The molecule has 2 aromatic rings. The van der Waals surface area contributed by atoms with Crippen LogP contribution in [0.5, 0.6) is 17.2 Å². The molecule has 3 rings (SSSR count). The molecule has 0 saturated heterocycles. The summed E-state index contributed by atoms with van der Waals surface area (Å²) < 4.78 is 81.0. The van der Waals surface area contributed by atoms with Crippen molar-refractivity contribution < 1.29 is 45.8 Å². The Morgan fingerprint density at radius 2 is 1.81 bits per heavy atom. The number of ether oxygens (including phenoxy) is 3. The summed E-state index contributed by atoms with van der Waals surface area (Å²) in [7, 11) is 0. The van der Waals surface area contributed by atoms with E-state index >= 15 is 0 Å². The first-order valence-electron chi connectivity index (χ1n) is 8.76. The topological polar surface area (TPSA) is 65.1 Å². The first kappa shape index (κ1) is 23.9. The minimum absolute atomic E-state index is 0.0578. The third kappa shape index (κ3) is 4.68. The van der Waals surface area contributed by atoms with E-state index < -0.39 is 46.3 Å². The van der Waals surface area contributed by atoms with Crippen molar-refractivity contribution >= 4 is 40.8 Å². The van der Waals surface area contributed by atoms with Gasteiger partial charge in [0, 0.05) is 6.07 Å². The first-order chi connectivity index (χ1) is 14.9. The van der Waals surface area contributed by atoms with Gasteiger partial charge in [0.15, 0.2) is 5.75 Å². The summed E-state index contributed by atoms with van der Waals surface area (Å²) in [4.78, 5) is 24.3. The molecule has 0 bridgehead atoms. The number of hydrogen-bond acceptors (Lipinski definition) is 5. The van der Waals surface area contributed by atoms with Gasteiger partial charge in [0.2, 0.25) is 0 Å². The molecule has 0 N–H and O–H groups in total. The third-order valence-corrected chi connectivity index (χ3v) is 4.70. The maximum absolute atomic E-state index is 13.5. The highest BCUT2D eigenvalue weighted by molar-refractivity contribution is 6.37. The zero-order chi connectivity index (χ0) is 23.8. The Labute approximate surface area is 187 Å². The van der Waals surface area contributed by atoms with Crippen molar-refractivity contribution in [2.45, 2.75) is 25.8 Å². The number of rotatable bonds is 5. The van der Waals surface area contributed by atoms with E-state index in [1.54, 1.807) is 0 Å². The lowest BCUT2D eigenvalue weighted by Gasteiger charge is -2.32. The predicted octanol–water partition coefficient (Wildman–Crippen LogP) is 5.68. The molecule has 1 unspecified atom stereocenters. The van der Waals surface area contributed by atoms with Crippen LogP contribution in [0, 0.1) is 0 Å². The number of alkyl halides is 5. The molecule has 1 atom stereocenters. The molecule has 0 aliphatic carbocycles. The second-order valence-electron chi connectivity index (χ2n) is 6.23. The van der Waals surface area contributed by atoms with Crippen molar-refractivity contribution in [2.75, 3.05) is 11.5 Å². The Balaban J connectivity index is 1.97. The summed E-state index contributed by atoms with van der Waals surface area (Å²) in [6.45, 7) is -1.97. The lowest BCUT2D eigenvalue weighted by Crippen LogP contribution is -2.52. The number of halogens is 7. The highest BCUT2D eigenvalue weighted by atomic mass is 35.5. The molecule has 13 heteroatoms. The summed E-state index contributed by atoms with van der Waals surface area (Å²) in [5.41, 5.74) is -1.46. The number of carbonyl (C=O) groups is 2. The normalized spacial score (nSPS) is 16.0. The largest absolute Gasteiger partial charge is 0.466 e. The van der Waals surface area contributed by atoms with Crippen LogP contribution in [-0.2, 0) is 20.5 Å². The Morgan fingerprint density at radius 3 is 2.34 bits per heavy atom. The predicted molar refractivity (Wildman–Crippen MR) is 103 cm³/mol. The first-order valence-corrected chi connectivity index (χ1v) is 9.52. The van der Waals surface area contributed by atoms with E-state index in [2.05, 4.69) is 4.74 Å². The molecule has 1 aliphatic heterocycles. The van der Waals surface area contributed by atoms with Gasteiger partial charge in [-0.15, -0.1) is 0 Å². The van der Waals surface area contributed by atoms with Crippen LogP contribution in [0.15, 0.2) is 30.3 Å². The number of esters is 1. The van der Waals surface area contributed by atoms with E-state index in [1.165, 1.54) is 6.92 Å². The quantitative estimate of drug-likeness (QED) is 0.229. The average Bonchev–Trinajstić information content (AvgIpc) is 2.69. The Bertz CT molecular complexity index is 1040. The number of hydrogen-bond donors (Lipinski definition) is 0. The van der Waals surface area contributed by atoms with Gasteiger partial charge in [-0.3, -0.25) is 4.79 Å². The van der Waals surface area contributed by atoms with Gasteiger partial charge in [-0.05, 0) is 31.2 Å². The molecule has 0 aromatic heterocycles. The molecule has 6 nitrogen and oxygen atoms in total. The van der Waals surface area contributed by atoms with Crippen molar-refractivity contribution in [2.24, 2.45) is 0 Å². The molecule has 1 amide bonds. The highest BCUT2D eigenvalue weighted by Gasteiger charge is 2.44. The summed E-state index contributed by atoms with van der Waals surface area (Å²) >= 11 is 11.7. The Morgan fingerprint density at radius 1 is 1.19 bits per heavy atom. The van der Waals surface area contributed by atoms with E-state index in [0.717, 1.165) is 18.2 Å². The number of anilines is 1. The minimum atomic E-state index is -4.70. The van der Waals surface area contributed by atoms with Gasteiger partial charge in [0.25, 0.3) is 12.0 Å². The lowest BCUT2D eigenvalue weighted by molar-refractivity contribution is -0.156. The summed E-state index contributed by atoms with van der Waals surface area (Å²) in [6.07, 6.45) is -6.68. The van der Waals surface area contributed by atoms with Crippen LogP contribution in [0.1, 0.15) is 12.5 Å². The maximum atomic E-state index is 13.5. The SMILES string of the molecule is CCOC(=O)C1Oc2cc(Oc3c(Cl)cc(C(F)(F)F)cc3Cl)ccc2N(C(F)F)C1=O. The molecule has 1 aliphatic rings. The maximum Gasteiger partial charge on any atom is 0.416 e. The highest BCUT2D eigenvalue weighted by Crippen LogP contribution is 2.44. The van der Waals surface area contributed by atoms with Crippen molar-refractivity contribution in [3.63, 3.8) is 0 Å². The van der Waals surface area contributed by atoms with Crippen LogP contribution in [-0.4, -0.2) is 31.1 Å². The van der Waals surface area contributed by atoms with Crippen molar-refractivity contribution in [3.8, 4) is 17.2 Å². The zero-order valence-electron chi connectivity index (χ0n) is 15.9. The van der Waals surface area contributed by atoms with Crippen LogP contribution < -0.4 is 14.4 Å². The van der Waals surface area contributed by atoms with E-state index in [1.807, 2.05) is 0 Å². The third-order valence-electron chi connectivity index (χ3n) is 4.14.